The van der Waals surface area contributed by atoms with Crippen molar-refractivity contribution in [2.24, 2.45) is 0 Å². The number of ether oxygens (including phenoxy) is 1. The number of nitrogens with zero attached hydrogens (tertiary/aromatic N) is 1. The van der Waals surface area contributed by atoms with Crippen LogP contribution in [0, 0.1) is 0 Å². The third kappa shape index (κ3) is 1.79. The molecule has 2 heterocycles. The van der Waals surface area contributed by atoms with Crippen LogP contribution in [0.25, 0.3) is 0 Å². The molecule has 0 radical (unpaired) electrons. The van der Waals surface area contributed by atoms with Crippen LogP contribution in [-0.2, 0) is 22.8 Å². The first-order chi connectivity index (χ1) is 7.64. The van der Waals surface area contributed by atoms with Crippen molar-refractivity contribution < 1.29 is 22.8 Å². The van der Waals surface area contributed by atoms with E-state index in [0.29, 0.717) is 6.54 Å². The molecule has 6 nitrogen and oxygen atoms in total. The lowest BCUT2D eigenvalue weighted by Crippen LogP contribution is -2.62. The van der Waals surface area contributed by atoms with Crippen LogP contribution in [0.5, 0.6) is 0 Å². The van der Waals surface area contributed by atoms with Gasteiger partial charge < -0.3 is 18.0 Å². The summed E-state index contributed by atoms with van der Waals surface area (Å²) in [6.07, 6.45) is 0.785. The Morgan fingerprint density at radius 2 is 2.19 bits per heavy atom. The number of fused-ring (bicyclic) bond motifs is 1. The number of carbonyl (C=O) groups is 1. The summed E-state index contributed by atoms with van der Waals surface area (Å²) in [6.45, 7) is 0.544. The summed E-state index contributed by atoms with van der Waals surface area (Å²) in [6, 6.07) is -0.433. The zero-order valence-corrected chi connectivity index (χ0v) is 11.1. The minimum atomic E-state index is -2.96. The van der Waals surface area contributed by atoms with Gasteiger partial charge in [-0.3, -0.25) is 4.79 Å². The molecule has 0 bridgehead atoms. The molecular weight excluding hydrogens is 250 g/mol. The molecule has 16 heavy (non-hydrogen) atoms. The summed E-state index contributed by atoms with van der Waals surface area (Å²) < 4.78 is 23.0. The van der Waals surface area contributed by atoms with Crippen molar-refractivity contribution in [1.29, 1.82) is 0 Å². The molecular formula is C8H15NO5SSi. The molecule has 0 aliphatic carbocycles. The Kier molecular flexibility index (Phi) is 3.57. The Morgan fingerprint density at radius 1 is 1.50 bits per heavy atom. The van der Waals surface area contributed by atoms with E-state index in [-0.39, 0.29) is 18.0 Å². The molecule has 2 atom stereocenters. The summed E-state index contributed by atoms with van der Waals surface area (Å²) in [5.74, 6) is -0.319. The highest BCUT2D eigenvalue weighted by atomic mass is 32.1. The van der Waals surface area contributed by atoms with Crippen molar-refractivity contribution in [2.45, 2.75) is 17.7 Å². The monoisotopic (exact) mass is 265 g/mol. The van der Waals surface area contributed by atoms with E-state index >= 15 is 0 Å². The first kappa shape index (κ1) is 12.3. The summed E-state index contributed by atoms with van der Waals surface area (Å²) in [7, 11) is 0.0885. The molecule has 8 heteroatoms. The lowest BCUT2D eigenvalue weighted by Gasteiger charge is -2.33. The first-order valence-corrected chi connectivity index (χ1v) is 7.19. The Bertz CT molecular complexity index is 288. The summed E-state index contributed by atoms with van der Waals surface area (Å²) >= 11 is 4.39. The molecule has 2 aliphatic rings. The average molecular weight is 265 g/mol. The van der Waals surface area contributed by atoms with Gasteiger partial charge in [0.1, 0.15) is 6.04 Å². The van der Waals surface area contributed by atoms with E-state index in [1.807, 2.05) is 4.57 Å². The van der Waals surface area contributed by atoms with Crippen LogP contribution >= 0.6 is 12.6 Å². The van der Waals surface area contributed by atoms with Gasteiger partial charge in [0.05, 0.1) is 0 Å². The van der Waals surface area contributed by atoms with E-state index in [9.17, 15) is 4.79 Å². The molecule has 0 aromatic heterocycles. The number of hydrogen-bond donors (Lipinski definition) is 1. The third-order valence-corrected chi connectivity index (χ3v) is 6.18. The van der Waals surface area contributed by atoms with E-state index in [0.717, 1.165) is 6.42 Å². The van der Waals surface area contributed by atoms with Crippen molar-refractivity contribution in [3.63, 3.8) is 0 Å². The van der Waals surface area contributed by atoms with E-state index < -0.39 is 15.0 Å². The number of esters is 1. The van der Waals surface area contributed by atoms with Crippen LogP contribution in [0.15, 0.2) is 0 Å². The zero-order chi connectivity index (χ0) is 11.8. The third-order valence-electron chi connectivity index (χ3n) is 2.92. The molecule has 0 N–H and O–H groups in total. The van der Waals surface area contributed by atoms with Crippen molar-refractivity contribution in [1.82, 2.24) is 4.57 Å². The number of rotatable bonds is 2. The van der Waals surface area contributed by atoms with E-state index in [1.165, 1.54) is 14.2 Å². The molecule has 0 spiro atoms. The standard InChI is InChI=1S/C8H15NO5SSi/c1-11-16(12-2)9-4-3-6(15)7(9)8(10)13-5-14-16/h6-7,15H,3-5H2,1-2H3. The number of thiol groups is 1. The maximum absolute atomic E-state index is 11.7. The molecule has 2 unspecified atom stereocenters. The molecule has 0 aromatic carbocycles. The van der Waals surface area contributed by atoms with Crippen LogP contribution in [0.4, 0.5) is 0 Å². The van der Waals surface area contributed by atoms with Gasteiger partial charge >= 0.3 is 14.9 Å². The van der Waals surface area contributed by atoms with E-state index in [2.05, 4.69) is 12.6 Å². The van der Waals surface area contributed by atoms with Gasteiger partial charge in [-0.15, -0.1) is 0 Å². The smallest absolute Gasteiger partial charge is 0.438 e. The number of hydrogen-bond acceptors (Lipinski definition) is 7. The maximum atomic E-state index is 11.7. The van der Waals surface area contributed by atoms with Gasteiger partial charge in [0.25, 0.3) is 0 Å². The summed E-state index contributed by atoms with van der Waals surface area (Å²) in [5.41, 5.74) is 0. The lowest BCUT2D eigenvalue weighted by molar-refractivity contribution is -0.151. The van der Waals surface area contributed by atoms with Crippen molar-refractivity contribution in [3.05, 3.63) is 0 Å². The fraction of sp³-hybridized carbons (Fsp3) is 0.875. The largest absolute Gasteiger partial charge is 0.602 e. The van der Waals surface area contributed by atoms with Crippen LogP contribution in [0.1, 0.15) is 6.42 Å². The summed E-state index contributed by atoms with van der Waals surface area (Å²) in [5, 5.41) is -0.0635. The molecule has 0 amide bonds. The van der Waals surface area contributed by atoms with Crippen LogP contribution in [0.3, 0.4) is 0 Å². The highest BCUT2D eigenvalue weighted by molar-refractivity contribution is 7.81. The molecule has 0 aromatic rings. The predicted molar refractivity (Wildman–Crippen MR) is 59.7 cm³/mol. The van der Waals surface area contributed by atoms with Gasteiger partial charge in [0.15, 0.2) is 6.79 Å². The van der Waals surface area contributed by atoms with E-state index in [4.69, 9.17) is 18.0 Å². The molecule has 0 saturated carbocycles. The van der Waals surface area contributed by atoms with Gasteiger partial charge in [-0.2, -0.15) is 12.6 Å². The number of cyclic esters (lactones) is 1. The fourth-order valence-electron chi connectivity index (χ4n) is 2.13. The van der Waals surface area contributed by atoms with Crippen LogP contribution < -0.4 is 0 Å². The Hall–Kier alpha value is -0.123. The normalized spacial score (nSPS) is 34.3. The van der Waals surface area contributed by atoms with Gasteiger partial charge in [0.2, 0.25) is 0 Å². The second-order valence-corrected chi connectivity index (χ2v) is 7.04. The van der Waals surface area contributed by atoms with Gasteiger partial charge in [-0.25, -0.2) is 4.57 Å². The molecule has 92 valence electrons. The molecule has 2 aliphatic heterocycles. The second-order valence-electron chi connectivity index (χ2n) is 3.65. The minimum absolute atomic E-state index is 0.0635. The van der Waals surface area contributed by atoms with Crippen molar-refractivity contribution in [2.75, 3.05) is 27.6 Å². The van der Waals surface area contributed by atoms with Crippen molar-refractivity contribution >= 4 is 27.6 Å². The molecule has 2 saturated heterocycles. The number of carbonyl (C=O) groups excluding carboxylic acids is 1. The quantitative estimate of drug-likeness (QED) is 0.417. The zero-order valence-electron chi connectivity index (χ0n) is 9.21. The minimum Gasteiger partial charge on any atom is -0.438 e. The van der Waals surface area contributed by atoms with Crippen molar-refractivity contribution in [3.8, 4) is 0 Å². The van der Waals surface area contributed by atoms with Crippen LogP contribution in [-0.4, -0.2) is 58.3 Å². The highest BCUT2D eigenvalue weighted by Crippen LogP contribution is 2.31. The average Bonchev–Trinajstić information content (AvgIpc) is 2.60. The molecule has 2 fully saturated rings. The van der Waals surface area contributed by atoms with Gasteiger partial charge in [0, 0.05) is 19.5 Å². The van der Waals surface area contributed by atoms with Gasteiger partial charge in [-0.05, 0) is 13.0 Å². The van der Waals surface area contributed by atoms with E-state index in [1.54, 1.807) is 0 Å². The first-order valence-electron chi connectivity index (χ1n) is 5.00. The maximum Gasteiger partial charge on any atom is 0.602 e. The Balaban J connectivity index is 2.32. The fourth-order valence-corrected chi connectivity index (χ4v) is 4.93. The van der Waals surface area contributed by atoms with Crippen LogP contribution in [0.2, 0.25) is 0 Å². The highest BCUT2D eigenvalue weighted by Gasteiger charge is 2.58. The van der Waals surface area contributed by atoms with Gasteiger partial charge in [-0.1, -0.05) is 0 Å². The second kappa shape index (κ2) is 4.63. The lowest BCUT2D eigenvalue weighted by atomic mass is 10.2. The Morgan fingerprint density at radius 3 is 2.81 bits per heavy atom. The molecule has 2 rings (SSSR count). The predicted octanol–water partition coefficient (Wildman–Crippen LogP) is -0.382. The topological polar surface area (TPSA) is 57.2 Å². The Labute approximate surface area is 101 Å². The SMILES string of the molecule is CO[Si]1(OC)OCOC(=O)C2C(S)CCN21. The summed E-state index contributed by atoms with van der Waals surface area (Å²) in [4.78, 5) is 11.7.